The maximum atomic E-state index is 13.1. The molecule has 0 aliphatic carbocycles. The zero-order valence-electron chi connectivity index (χ0n) is 10.1. The van der Waals surface area contributed by atoms with Crippen molar-refractivity contribution in [2.45, 2.75) is 27.2 Å². The van der Waals surface area contributed by atoms with Crippen LogP contribution in [0.5, 0.6) is 0 Å². The lowest BCUT2D eigenvalue weighted by molar-refractivity contribution is 0.341. The molecule has 0 amide bonds. The highest BCUT2D eigenvalue weighted by Crippen LogP contribution is 2.26. The van der Waals surface area contributed by atoms with Gasteiger partial charge in [-0.3, -0.25) is 0 Å². The molecule has 0 aromatic heterocycles. The third-order valence-corrected chi connectivity index (χ3v) is 2.90. The van der Waals surface area contributed by atoms with Crippen molar-refractivity contribution in [2.75, 3.05) is 13.1 Å². The quantitative estimate of drug-likeness (QED) is 0.832. The number of hydrogen-bond donors (Lipinski definition) is 1. The van der Waals surface area contributed by atoms with Gasteiger partial charge in [-0.05, 0) is 42.1 Å². The van der Waals surface area contributed by atoms with Crippen molar-refractivity contribution in [2.24, 2.45) is 5.41 Å². The van der Waals surface area contributed by atoms with Crippen molar-refractivity contribution in [1.29, 1.82) is 0 Å². The molecule has 1 aromatic carbocycles. The summed E-state index contributed by atoms with van der Waals surface area (Å²) in [7, 11) is 0. The normalized spacial score (nSPS) is 11.8. The Hall–Kier alpha value is -0.600. The van der Waals surface area contributed by atoms with E-state index in [1.807, 2.05) is 0 Å². The average Bonchev–Trinajstić information content (AvgIpc) is 2.20. The molecule has 0 unspecified atom stereocenters. The molecular weight excluding hydrogens is 225 g/mol. The van der Waals surface area contributed by atoms with Gasteiger partial charge >= 0.3 is 0 Å². The first-order valence-electron chi connectivity index (χ1n) is 5.59. The minimum Gasteiger partial charge on any atom is -0.316 e. The van der Waals surface area contributed by atoms with Gasteiger partial charge in [0.2, 0.25) is 0 Å². The molecule has 1 aromatic rings. The monoisotopic (exact) mass is 243 g/mol. The fourth-order valence-corrected chi connectivity index (χ4v) is 1.90. The van der Waals surface area contributed by atoms with Crippen LogP contribution in [0, 0.1) is 11.2 Å². The van der Waals surface area contributed by atoms with Gasteiger partial charge in [-0.15, -0.1) is 0 Å². The lowest BCUT2D eigenvalue weighted by Crippen LogP contribution is -2.31. The van der Waals surface area contributed by atoms with Crippen LogP contribution in [-0.2, 0) is 6.42 Å². The molecule has 3 heteroatoms. The molecule has 0 spiro atoms. The summed E-state index contributed by atoms with van der Waals surface area (Å²) in [5, 5.41) is 3.95. The predicted octanol–water partition coefficient (Wildman–Crippen LogP) is 3.66. The maximum Gasteiger partial charge on any atom is 0.123 e. The number of hydrogen-bond acceptors (Lipinski definition) is 1. The highest BCUT2D eigenvalue weighted by atomic mass is 35.5. The topological polar surface area (TPSA) is 12.0 Å². The van der Waals surface area contributed by atoms with Gasteiger partial charge in [0.1, 0.15) is 5.82 Å². The van der Waals surface area contributed by atoms with E-state index in [2.05, 4.69) is 26.1 Å². The standard InChI is InChI=1S/C13H19ClFN/c1-4-16-9-13(2,3)8-10-7-11(15)5-6-12(10)14/h5-7,16H,4,8-9H2,1-3H3. The van der Waals surface area contributed by atoms with E-state index in [0.29, 0.717) is 5.02 Å². The molecule has 1 N–H and O–H groups in total. The van der Waals surface area contributed by atoms with Gasteiger partial charge in [-0.2, -0.15) is 0 Å². The van der Waals surface area contributed by atoms with Crippen LogP contribution >= 0.6 is 11.6 Å². The molecule has 0 radical (unpaired) electrons. The molecule has 90 valence electrons. The van der Waals surface area contributed by atoms with Crippen molar-refractivity contribution < 1.29 is 4.39 Å². The van der Waals surface area contributed by atoms with Gasteiger partial charge in [-0.1, -0.05) is 32.4 Å². The Morgan fingerprint density at radius 2 is 2.06 bits per heavy atom. The first-order chi connectivity index (χ1) is 7.44. The summed E-state index contributed by atoms with van der Waals surface area (Å²) >= 11 is 6.05. The first kappa shape index (κ1) is 13.5. The fourth-order valence-electron chi connectivity index (χ4n) is 1.72. The molecule has 0 atom stereocenters. The Kier molecular flexibility index (Phi) is 4.75. The predicted molar refractivity (Wildman–Crippen MR) is 67.4 cm³/mol. The van der Waals surface area contributed by atoms with Gasteiger partial charge in [0.05, 0.1) is 0 Å². The van der Waals surface area contributed by atoms with Crippen LogP contribution in [0.2, 0.25) is 5.02 Å². The summed E-state index contributed by atoms with van der Waals surface area (Å²) < 4.78 is 13.1. The smallest absolute Gasteiger partial charge is 0.123 e. The lowest BCUT2D eigenvalue weighted by Gasteiger charge is -2.25. The van der Waals surface area contributed by atoms with Crippen LogP contribution in [0.4, 0.5) is 4.39 Å². The zero-order chi connectivity index (χ0) is 12.2. The van der Waals surface area contributed by atoms with Crippen molar-refractivity contribution in [3.05, 3.63) is 34.6 Å². The van der Waals surface area contributed by atoms with E-state index >= 15 is 0 Å². The molecule has 0 fully saturated rings. The SMILES string of the molecule is CCNCC(C)(C)Cc1cc(F)ccc1Cl. The van der Waals surface area contributed by atoms with Crippen LogP contribution in [-0.4, -0.2) is 13.1 Å². The second kappa shape index (κ2) is 5.65. The lowest BCUT2D eigenvalue weighted by atomic mass is 9.85. The van der Waals surface area contributed by atoms with Crippen LogP contribution in [0.15, 0.2) is 18.2 Å². The molecule has 0 aliphatic rings. The number of halogens is 2. The minimum atomic E-state index is -0.223. The summed E-state index contributed by atoms with van der Waals surface area (Å²) in [5.74, 6) is -0.223. The van der Waals surface area contributed by atoms with Gasteiger partial charge in [0, 0.05) is 11.6 Å². The Balaban J connectivity index is 2.74. The van der Waals surface area contributed by atoms with E-state index in [1.54, 1.807) is 6.07 Å². The third kappa shape index (κ3) is 4.11. The Bertz CT molecular complexity index is 350. The van der Waals surface area contributed by atoms with Gasteiger partial charge in [0.25, 0.3) is 0 Å². The summed E-state index contributed by atoms with van der Waals surface area (Å²) in [6.07, 6.45) is 0.774. The van der Waals surface area contributed by atoms with Crippen molar-refractivity contribution in [3.63, 3.8) is 0 Å². The van der Waals surface area contributed by atoms with E-state index in [1.165, 1.54) is 12.1 Å². The van der Waals surface area contributed by atoms with Crippen molar-refractivity contribution in [3.8, 4) is 0 Å². The number of nitrogens with one attached hydrogen (secondary N) is 1. The maximum absolute atomic E-state index is 13.1. The summed E-state index contributed by atoms with van der Waals surface area (Å²) in [4.78, 5) is 0. The zero-order valence-corrected chi connectivity index (χ0v) is 10.9. The fraction of sp³-hybridized carbons (Fsp3) is 0.538. The summed E-state index contributed by atoms with van der Waals surface area (Å²) in [6.45, 7) is 8.22. The van der Waals surface area contributed by atoms with E-state index in [-0.39, 0.29) is 11.2 Å². The van der Waals surface area contributed by atoms with E-state index in [0.717, 1.165) is 25.1 Å². The second-order valence-electron chi connectivity index (χ2n) is 4.86. The van der Waals surface area contributed by atoms with Crippen LogP contribution in [0.3, 0.4) is 0 Å². The minimum absolute atomic E-state index is 0.0768. The van der Waals surface area contributed by atoms with Crippen LogP contribution in [0.1, 0.15) is 26.3 Å². The highest BCUT2D eigenvalue weighted by molar-refractivity contribution is 6.31. The Labute approximate surface area is 102 Å². The van der Waals surface area contributed by atoms with Gasteiger partial charge in [-0.25, -0.2) is 4.39 Å². The number of rotatable bonds is 5. The van der Waals surface area contributed by atoms with Crippen LogP contribution in [0.25, 0.3) is 0 Å². The average molecular weight is 244 g/mol. The Morgan fingerprint density at radius 3 is 2.69 bits per heavy atom. The molecule has 16 heavy (non-hydrogen) atoms. The van der Waals surface area contributed by atoms with E-state index < -0.39 is 0 Å². The molecule has 0 saturated heterocycles. The largest absolute Gasteiger partial charge is 0.316 e. The summed E-state index contributed by atoms with van der Waals surface area (Å²) in [6, 6.07) is 4.54. The molecule has 0 heterocycles. The second-order valence-corrected chi connectivity index (χ2v) is 5.26. The van der Waals surface area contributed by atoms with E-state index in [9.17, 15) is 4.39 Å². The molecule has 0 saturated carbocycles. The third-order valence-electron chi connectivity index (χ3n) is 2.53. The van der Waals surface area contributed by atoms with E-state index in [4.69, 9.17) is 11.6 Å². The van der Waals surface area contributed by atoms with Crippen LogP contribution < -0.4 is 5.32 Å². The first-order valence-corrected chi connectivity index (χ1v) is 5.97. The highest BCUT2D eigenvalue weighted by Gasteiger charge is 2.19. The number of benzene rings is 1. The Morgan fingerprint density at radius 1 is 1.38 bits per heavy atom. The summed E-state index contributed by atoms with van der Waals surface area (Å²) in [5.41, 5.74) is 0.956. The van der Waals surface area contributed by atoms with Crippen molar-refractivity contribution >= 4 is 11.6 Å². The molecular formula is C13H19ClFN. The molecule has 0 bridgehead atoms. The molecule has 1 rings (SSSR count). The van der Waals surface area contributed by atoms with Crippen molar-refractivity contribution in [1.82, 2.24) is 5.32 Å². The molecule has 1 nitrogen and oxygen atoms in total. The molecule has 0 aliphatic heterocycles. The van der Waals surface area contributed by atoms with Gasteiger partial charge < -0.3 is 5.32 Å². The van der Waals surface area contributed by atoms with Gasteiger partial charge in [0.15, 0.2) is 0 Å².